The van der Waals surface area contributed by atoms with E-state index in [2.05, 4.69) is 11.9 Å². The van der Waals surface area contributed by atoms with Gasteiger partial charge in [-0.05, 0) is 38.1 Å². The highest BCUT2D eigenvalue weighted by molar-refractivity contribution is 5.89. The SMILES string of the molecule is C=C(C)CN(CC)C(=O)Nc1ccc(C#N)cc1. The molecule has 1 aromatic rings. The minimum absolute atomic E-state index is 0.162. The van der Waals surface area contributed by atoms with Crippen molar-refractivity contribution in [1.82, 2.24) is 4.90 Å². The molecule has 0 unspecified atom stereocenters. The molecule has 1 N–H and O–H groups in total. The maximum atomic E-state index is 11.9. The molecule has 2 amide bonds. The van der Waals surface area contributed by atoms with Crippen LogP contribution < -0.4 is 5.32 Å². The van der Waals surface area contributed by atoms with Crippen LogP contribution in [0.15, 0.2) is 36.4 Å². The third kappa shape index (κ3) is 3.95. The fourth-order valence-electron chi connectivity index (χ4n) is 1.48. The lowest BCUT2D eigenvalue weighted by Gasteiger charge is -2.21. The molecular weight excluding hydrogens is 226 g/mol. The predicted octanol–water partition coefficient (Wildman–Crippen LogP) is 2.99. The van der Waals surface area contributed by atoms with Crippen molar-refractivity contribution in [3.8, 4) is 6.07 Å². The molecule has 1 rings (SSSR count). The standard InChI is InChI=1S/C14H17N3O/c1-4-17(10-11(2)3)14(18)16-13-7-5-12(9-15)6-8-13/h5-8H,2,4,10H2,1,3H3,(H,16,18). The summed E-state index contributed by atoms with van der Waals surface area (Å²) < 4.78 is 0. The van der Waals surface area contributed by atoms with Crippen molar-refractivity contribution in [2.24, 2.45) is 0 Å². The molecule has 0 aliphatic heterocycles. The minimum Gasteiger partial charge on any atom is -0.321 e. The highest BCUT2D eigenvalue weighted by Gasteiger charge is 2.11. The molecule has 0 radical (unpaired) electrons. The van der Waals surface area contributed by atoms with E-state index in [0.717, 1.165) is 5.57 Å². The summed E-state index contributed by atoms with van der Waals surface area (Å²) in [5.74, 6) is 0. The molecule has 4 nitrogen and oxygen atoms in total. The molecule has 0 fully saturated rings. The Morgan fingerprint density at radius 2 is 2.06 bits per heavy atom. The Morgan fingerprint density at radius 1 is 1.44 bits per heavy atom. The summed E-state index contributed by atoms with van der Waals surface area (Å²) in [5, 5.41) is 11.5. The van der Waals surface area contributed by atoms with E-state index in [1.165, 1.54) is 0 Å². The smallest absolute Gasteiger partial charge is 0.321 e. The Balaban J connectivity index is 2.67. The fourth-order valence-corrected chi connectivity index (χ4v) is 1.48. The lowest BCUT2D eigenvalue weighted by molar-refractivity contribution is 0.218. The van der Waals surface area contributed by atoms with Gasteiger partial charge in [0.05, 0.1) is 11.6 Å². The summed E-state index contributed by atoms with van der Waals surface area (Å²) in [6.45, 7) is 8.76. The number of carbonyl (C=O) groups excluding carboxylic acids is 1. The second-order valence-electron chi connectivity index (χ2n) is 4.09. The van der Waals surface area contributed by atoms with E-state index >= 15 is 0 Å². The first-order chi connectivity index (χ1) is 8.56. The van der Waals surface area contributed by atoms with Crippen molar-refractivity contribution in [3.63, 3.8) is 0 Å². The van der Waals surface area contributed by atoms with E-state index in [1.54, 1.807) is 29.2 Å². The number of anilines is 1. The number of amides is 2. The van der Waals surface area contributed by atoms with Crippen molar-refractivity contribution in [3.05, 3.63) is 42.0 Å². The zero-order chi connectivity index (χ0) is 13.5. The molecule has 0 heterocycles. The van der Waals surface area contributed by atoms with Gasteiger partial charge in [0.15, 0.2) is 0 Å². The Bertz CT molecular complexity index is 471. The second-order valence-corrected chi connectivity index (χ2v) is 4.09. The number of nitrogens with one attached hydrogen (secondary N) is 1. The summed E-state index contributed by atoms with van der Waals surface area (Å²) >= 11 is 0. The summed E-state index contributed by atoms with van der Waals surface area (Å²) in [7, 11) is 0. The number of benzene rings is 1. The van der Waals surface area contributed by atoms with Gasteiger partial charge in [-0.2, -0.15) is 5.26 Å². The molecule has 94 valence electrons. The Kier molecular flexibility index (Phi) is 4.94. The number of nitriles is 1. The van der Waals surface area contributed by atoms with Crippen LogP contribution in [0, 0.1) is 11.3 Å². The van der Waals surface area contributed by atoms with E-state index in [4.69, 9.17) is 5.26 Å². The van der Waals surface area contributed by atoms with Crippen LogP contribution >= 0.6 is 0 Å². The van der Waals surface area contributed by atoms with E-state index < -0.39 is 0 Å². The lowest BCUT2D eigenvalue weighted by Crippen LogP contribution is -2.35. The Labute approximate surface area is 108 Å². The number of likely N-dealkylation sites (N-methyl/N-ethyl adjacent to an activating group) is 1. The van der Waals surface area contributed by atoms with E-state index in [-0.39, 0.29) is 6.03 Å². The monoisotopic (exact) mass is 243 g/mol. The summed E-state index contributed by atoms with van der Waals surface area (Å²) in [4.78, 5) is 13.6. The average Bonchev–Trinajstić information content (AvgIpc) is 2.36. The molecule has 4 heteroatoms. The third-order valence-corrected chi connectivity index (χ3v) is 2.39. The zero-order valence-corrected chi connectivity index (χ0v) is 10.7. The van der Waals surface area contributed by atoms with Crippen molar-refractivity contribution < 1.29 is 4.79 Å². The number of urea groups is 1. The van der Waals surface area contributed by atoms with Gasteiger partial charge in [0.25, 0.3) is 0 Å². The molecule has 1 aromatic carbocycles. The Morgan fingerprint density at radius 3 is 2.50 bits per heavy atom. The summed E-state index contributed by atoms with van der Waals surface area (Å²) in [5.41, 5.74) is 2.19. The van der Waals surface area contributed by atoms with Crippen molar-refractivity contribution >= 4 is 11.7 Å². The van der Waals surface area contributed by atoms with Crippen LogP contribution in [0.5, 0.6) is 0 Å². The van der Waals surface area contributed by atoms with Gasteiger partial charge < -0.3 is 10.2 Å². The second kappa shape index (κ2) is 6.45. The van der Waals surface area contributed by atoms with Gasteiger partial charge in [0.2, 0.25) is 0 Å². The molecule has 0 aliphatic rings. The van der Waals surface area contributed by atoms with Gasteiger partial charge in [0, 0.05) is 18.8 Å². The Hall–Kier alpha value is -2.28. The molecule has 0 aliphatic carbocycles. The van der Waals surface area contributed by atoms with Crippen LogP contribution in [-0.4, -0.2) is 24.0 Å². The van der Waals surface area contributed by atoms with Crippen molar-refractivity contribution in [2.45, 2.75) is 13.8 Å². The van der Waals surface area contributed by atoms with Gasteiger partial charge >= 0.3 is 6.03 Å². The lowest BCUT2D eigenvalue weighted by atomic mass is 10.2. The van der Waals surface area contributed by atoms with Crippen LogP contribution in [0.4, 0.5) is 10.5 Å². The average molecular weight is 243 g/mol. The molecule has 0 spiro atoms. The topological polar surface area (TPSA) is 56.1 Å². The van der Waals surface area contributed by atoms with Crippen LogP contribution in [0.25, 0.3) is 0 Å². The molecular formula is C14H17N3O. The van der Waals surface area contributed by atoms with Gasteiger partial charge in [-0.3, -0.25) is 0 Å². The maximum absolute atomic E-state index is 11.9. The number of hydrogen-bond acceptors (Lipinski definition) is 2. The van der Waals surface area contributed by atoms with E-state index in [9.17, 15) is 4.79 Å². The first kappa shape index (κ1) is 13.8. The largest absolute Gasteiger partial charge is 0.322 e. The fraction of sp³-hybridized carbons (Fsp3) is 0.286. The first-order valence-corrected chi connectivity index (χ1v) is 5.77. The summed E-state index contributed by atoms with van der Waals surface area (Å²) in [6.07, 6.45) is 0. The molecule has 0 aromatic heterocycles. The van der Waals surface area contributed by atoms with Crippen LogP contribution in [0.1, 0.15) is 19.4 Å². The molecule has 0 saturated carbocycles. The minimum atomic E-state index is -0.162. The molecule has 0 saturated heterocycles. The number of carbonyl (C=O) groups is 1. The molecule has 0 bridgehead atoms. The normalized spacial score (nSPS) is 9.39. The maximum Gasteiger partial charge on any atom is 0.322 e. The van der Waals surface area contributed by atoms with Crippen molar-refractivity contribution in [2.75, 3.05) is 18.4 Å². The van der Waals surface area contributed by atoms with Gasteiger partial charge in [-0.15, -0.1) is 0 Å². The zero-order valence-electron chi connectivity index (χ0n) is 10.7. The molecule has 18 heavy (non-hydrogen) atoms. The third-order valence-electron chi connectivity index (χ3n) is 2.39. The van der Waals surface area contributed by atoms with Crippen molar-refractivity contribution in [1.29, 1.82) is 5.26 Å². The van der Waals surface area contributed by atoms with Crippen LogP contribution in [0.2, 0.25) is 0 Å². The van der Waals surface area contributed by atoms with Gasteiger partial charge in [-0.1, -0.05) is 12.2 Å². The van der Waals surface area contributed by atoms with Gasteiger partial charge in [0.1, 0.15) is 0 Å². The van der Waals surface area contributed by atoms with E-state index in [0.29, 0.717) is 24.3 Å². The summed E-state index contributed by atoms with van der Waals surface area (Å²) in [6, 6.07) is 8.64. The first-order valence-electron chi connectivity index (χ1n) is 5.77. The van der Waals surface area contributed by atoms with Gasteiger partial charge in [-0.25, -0.2) is 4.79 Å². The van der Waals surface area contributed by atoms with Crippen LogP contribution in [-0.2, 0) is 0 Å². The van der Waals surface area contributed by atoms with E-state index in [1.807, 2.05) is 19.9 Å². The van der Waals surface area contributed by atoms with Crippen LogP contribution in [0.3, 0.4) is 0 Å². The predicted molar refractivity (Wildman–Crippen MR) is 72.2 cm³/mol. The number of hydrogen-bond donors (Lipinski definition) is 1. The highest BCUT2D eigenvalue weighted by atomic mass is 16.2. The molecule has 0 atom stereocenters. The highest BCUT2D eigenvalue weighted by Crippen LogP contribution is 2.10. The number of nitrogens with zero attached hydrogens (tertiary/aromatic N) is 2. The quantitative estimate of drug-likeness (QED) is 0.826. The number of rotatable bonds is 4.